The van der Waals surface area contributed by atoms with Crippen LogP contribution in [0.5, 0.6) is 0 Å². The van der Waals surface area contributed by atoms with Crippen molar-refractivity contribution in [2.75, 3.05) is 13.2 Å². The molecule has 21 heavy (non-hydrogen) atoms. The molecule has 0 unspecified atom stereocenters. The minimum absolute atomic E-state index is 0.0435. The summed E-state index contributed by atoms with van der Waals surface area (Å²) in [6, 6.07) is 4.99. The molecule has 2 atom stereocenters. The minimum atomic E-state index is 0.0435. The average molecular weight is 311 g/mol. The molecule has 1 fully saturated rings. The first-order valence-electron chi connectivity index (χ1n) is 8.35. The monoisotopic (exact) mass is 310 g/mol. The minimum Gasteiger partial charge on any atom is -0.376 e. The fourth-order valence-corrected chi connectivity index (χ4v) is 4.58. The maximum Gasteiger partial charge on any atom is 0.118 e. The van der Waals surface area contributed by atoms with Crippen LogP contribution in [0, 0.1) is 11.3 Å². The van der Waals surface area contributed by atoms with Gasteiger partial charge in [-0.15, -0.1) is 11.3 Å². The zero-order valence-corrected chi connectivity index (χ0v) is 15.1. The first-order chi connectivity index (χ1) is 9.85. The standard InChI is InChI=1S/C18H31NOS/c1-14(2)18(9-11-20-17(4,5)13-18)8-10-19-15(3)16-7-6-12-21-16/h6-7,12,14-15,19H,8-11,13H2,1-5H3/p+1/t15-,18-/m0/s1. The maximum absolute atomic E-state index is 5.95. The third kappa shape index (κ3) is 4.30. The Kier molecular flexibility index (Phi) is 5.50. The molecule has 0 aromatic carbocycles. The lowest BCUT2D eigenvalue weighted by Gasteiger charge is -2.47. The highest BCUT2D eigenvalue weighted by molar-refractivity contribution is 7.10. The highest BCUT2D eigenvalue weighted by Gasteiger charge is 2.43. The van der Waals surface area contributed by atoms with Crippen molar-refractivity contribution in [3.8, 4) is 0 Å². The zero-order valence-electron chi connectivity index (χ0n) is 14.3. The molecule has 0 amide bonds. The summed E-state index contributed by atoms with van der Waals surface area (Å²) >= 11 is 1.87. The SMILES string of the molecule is CC(C)[C@@]1(CC[NH2+][C@@H](C)c2cccs2)CCOC(C)(C)C1. The fraction of sp³-hybridized carbons (Fsp3) is 0.778. The van der Waals surface area contributed by atoms with Crippen LogP contribution in [0.2, 0.25) is 0 Å². The highest BCUT2D eigenvalue weighted by Crippen LogP contribution is 2.46. The fourth-order valence-electron chi connectivity index (χ4n) is 3.80. The predicted molar refractivity (Wildman–Crippen MR) is 90.7 cm³/mol. The summed E-state index contributed by atoms with van der Waals surface area (Å²) in [5.41, 5.74) is 0.495. The molecule has 0 radical (unpaired) electrons. The molecule has 0 bridgehead atoms. The number of rotatable bonds is 6. The van der Waals surface area contributed by atoms with E-state index in [1.165, 1.54) is 30.7 Å². The van der Waals surface area contributed by atoms with Crippen LogP contribution in [-0.4, -0.2) is 18.8 Å². The molecule has 1 aliphatic heterocycles. The Hall–Kier alpha value is -0.380. The first kappa shape index (κ1) is 17.0. The largest absolute Gasteiger partial charge is 0.376 e. The number of hydrogen-bond donors (Lipinski definition) is 1. The molecule has 2 rings (SSSR count). The quantitative estimate of drug-likeness (QED) is 0.844. The van der Waals surface area contributed by atoms with Gasteiger partial charge < -0.3 is 10.1 Å². The molecule has 1 aliphatic rings. The number of quaternary nitrogens is 1. The van der Waals surface area contributed by atoms with Crippen molar-refractivity contribution < 1.29 is 10.1 Å². The van der Waals surface area contributed by atoms with Gasteiger partial charge in [-0.2, -0.15) is 0 Å². The van der Waals surface area contributed by atoms with Gasteiger partial charge in [0.25, 0.3) is 0 Å². The van der Waals surface area contributed by atoms with E-state index in [-0.39, 0.29) is 5.60 Å². The Balaban J connectivity index is 1.91. The van der Waals surface area contributed by atoms with Crippen LogP contribution in [0.25, 0.3) is 0 Å². The second kappa shape index (κ2) is 6.80. The Bertz CT molecular complexity index is 426. The Morgan fingerprint density at radius 3 is 2.67 bits per heavy atom. The normalized spacial score (nSPS) is 27.0. The summed E-state index contributed by atoms with van der Waals surface area (Å²) in [6.07, 6.45) is 3.71. The van der Waals surface area contributed by atoms with Gasteiger partial charge in [-0.25, -0.2) is 0 Å². The van der Waals surface area contributed by atoms with E-state index < -0.39 is 0 Å². The smallest absolute Gasteiger partial charge is 0.118 e. The van der Waals surface area contributed by atoms with Gasteiger partial charge in [-0.1, -0.05) is 19.9 Å². The molecular weight excluding hydrogens is 278 g/mol. The number of ether oxygens (including phenoxy) is 1. The van der Waals surface area contributed by atoms with Gasteiger partial charge in [0, 0.05) is 13.0 Å². The van der Waals surface area contributed by atoms with Gasteiger partial charge in [0.2, 0.25) is 0 Å². The lowest BCUT2D eigenvalue weighted by molar-refractivity contribution is -0.694. The molecule has 0 aliphatic carbocycles. The average Bonchev–Trinajstić information content (AvgIpc) is 2.91. The van der Waals surface area contributed by atoms with Crippen molar-refractivity contribution in [2.24, 2.45) is 11.3 Å². The third-order valence-electron chi connectivity index (χ3n) is 5.25. The maximum atomic E-state index is 5.95. The van der Waals surface area contributed by atoms with Crippen LogP contribution in [0.3, 0.4) is 0 Å². The molecule has 120 valence electrons. The number of nitrogens with two attached hydrogens (primary N) is 1. The van der Waals surface area contributed by atoms with Gasteiger partial charge in [-0.3, -0.25) is 0 Å². The summed E-state index contributed by atoms with van der Waals surface area (Å²) in [5, 5.41) is 4.69. The van der Waals surface area contributed by atoms with Gasteiger partial charge in [0.15, 0.2) is 0 Å². The Labute approximate surface area is 134 Å². The lowest BCUT2D eigenvalue weighted by atomic mass is 9.65. The second-order valence-electron chi connectivity index (χ2n) is 7.63. The molecule has 0 spiro atoms. The van der Waals surface area contributed by atoms with Gasteiger partial charge in [-0.05, 0) is 56.4 Å². The number of hydrogen-bond acceptors (Lipinski definition) is 2. The summed E-state index contributed by atoms with van der Waals surface area (Å²) in [5.74, 6) is 0.728. The molecule has 0 saturated carbocycles. The van der Waals surface area contributed by atoms with E-state index in [1.807, 2.05) is 11.3 Å². The van der Waals surface area contributed by atoms with Crippen LogP contribution in [0.4, 0.5) is 0 Å². The Morgan fingerprint density at radius 2 is 2.10 bits per heavy atom. The molecular formula is C18H32NOS+. The van der Waals surface area contributed by atoms with Gasteiger partial charge >= 0.3 is 0 Å². The zero-order chi connectivity index (χ0) is 15.5. The van der Waals surface area contributed by atoms with Crippen molar-refractivity contribution in [3.05, 3.63) is 22.4 Å². The lowest BCUT2D eigenvalue weighted by Crippen LogP contribution is -2.85. The molecule has 3 heteroatoms. The van der Waals surface area contributed by atoms with Crippen LogP contribution < -0.4 is 5.32 Å². The first-order valence-corrected chi connectivity index (χ1v) is 9.23. The molecule has 1 saturated heterocycles. The van der Waals surface area contributed by atoms with Gasteiger partial charge in [0.05, 0.1) is 17.0 Å². The van der Waals surface area contributed by atoms with Crippen LogP contribution in [0.15, 0.2) is 17.5 Å². The molecule has 1 aromatic heterocycles. The van der Waals surface area contributed by atoms with Crippen molar-refractivity contribution in [3.63, 3.8) is 0 Å². The topological polar surface area (TPSA) is 25.8 Å². The van der Waals surface area contributed by atoms with Gasteiger partial charge in [0.1, 0.15) is 6.04 Å². The van der Waals surface area contributed by atoms with Crippen molar-refractivity contribution in [2.45, 2.75) is 65.5 Å². The summed E-state index contributed by atoms with van der Waals surface area (Å²) in [4.78, 5) is 1.49. The van der Waals surface area contributed by atoms with Crippen molar-refractivity contribution in [1.82, 2.24) is 0 Å². The van der Waals surface area contributed by atoms with Crippen molar-refractivity contribution in [1.29, 1.82) is 0 Å². The van der Waals surface area contributed by atoms with E-state index in [4.69, 9.17) is 4.74 Å². The van der Waals surface area contributed by atoms with E-state index >= 15 is 0 Å². The highest BCUT2D eigenvalue weighted by atomic mass is 32.1. The van der Waals surface area contributed by atoms with Crippen LogP contribution in [0.1, 0.15) is 64.8 Å². The van der Waals surface area contributed by atoms with Crippen LogP contribution >= 0.6 is 11.3 Å². The summed E-state index contributed by atoms with van der Waals surface area (Å²) < 4.78 is 5.95. The van der Waals surface area contributed by atoms with E-state index in [0.29, 0.717) is 11.5 Å². The predicted octanol–water partition coefficient (Wildman–Crippen LogP) is 3.99. The van der Waals surface area contributed by atoms with Crippen LogP contribution in [-0.2, 0) is 4.74 Å². The summed E-state index contributed by atoms with van der Waals surface area (Å²) in [7, 11) is 0. The van der Waals surface area contributed by atoms with Crippen molar-refractivity contribution >= 4 is 11.3 Å². The molecule has 2 nitrogen and oxygen atoms in total. The molecule has 2 heterocycles. The number of thiophene rings is 1. The van der Waals surface area contributed by atoms with E-state index in [2.05, 4.69) is 57.4 Å². The van der Waals surface area contributed by atoms with E-state index in [0.717, 1.165) is 12.5 Å². The Morgan fingerprint density at radius 1 is 1.33 bits per heavy atom. The summed E-state index contributed by atoms with van der Waals surface area (Å²) in [6.45, 7) is 13.7. The second-order valence-corrected chi connectivity index (χ2v) is 8.61. The third-order valence-corrected chi connectivity index (χ3v) is 6.32. The van der Waals surface area contributed by atoms with E-state index in [9.17, 15) is 0 Å². The molecule has 1 aromatic rings. The molecule has 2 N–H and O–H groups in total. The van der Waals surface area contributed by atoms with E-state index in [1.54, 1.807) is 0 Å².